The minimum absolute atomic E-state index is 0.262. The van der Waals surface area contributed by atoms with E-state index in [1.165, 1.54) is 0 Å². The molecule has 0 bridgehead atoms. The number of hydrogen-bond acceptors (Lipinski definition) is 3. The summed E-state index contributed by atoms with van der Waals surface area (Å²) in [6.07, 6.45) is 0.989. The van der Waals surface area contributed by atoms with Gasteiger partial charge in [0, 0.05) is 31.6 Å². The normalized spacial score (nSPS) is 28.0. The molecule has 0 aromatic heterocycles. The van der Waals surface area contributed by atoms with Crippen LogP contribution < -0.4 is 5.32 Å². The molecule has 1 saturated heterocycles. The molecule has 0 aromatic rings. The van der Waals surface area contributed by atoms with Crippen molar-refractivity contribution < 1.29 is 9.90 Å². The van der Waals surface area contributed by atoms with Gasteiger partial charge in [-0.25, -0.2) is 0 Å². The van der Waals surface area contributed by atoms with E-state index in [1.807, 2.05) is 0 Å². The second-order valence-corrected chi connectivity index (χ2v) is 5.19. The fourth-order valence-electron chi connectivity index (χ4n) is 2.17. The summed E-state index contributed by atoms with van der Waals surface area (Å²) in [5.74, 6) is -0.0626. The van der Waals surface area contributed by atoms with Gasteiger partial charge in [-0.15, -0.1) is 0 Å². The summed E-state index contributed by atoms with van der Waals surface area (Å²) in [6, 6.07) is 0.859. The van der Waals surface area contributed by atoms with Gasteiger partial charge in [0.15, 0.2) is 0 Å². The Morgan fingerprint density at radius 1 is 1.50 bits per heavy atom. The SMILES string of the molecule is CC1CNC(CCC(=O)O)CN(C(C)C)C1. The summed E-state index contributed by atoms with van der Waals surface area (Å²) in [7, 11) is 0. The van der Waals surface area contributed by atoms with E-state index in [-0.39, 0.29) is 6.42 Å². The third-order valence-electron chi connectivity index (χ3n) is 3.19. The molecule has 2 N–H and O–H groups in total. The predicted molar refractivity (Wildman–Crippen MR) is 64.5 cm³/mol. The summed E-state index contributed by atoms with van der Waals surface area (Å²) in [5.41, 5.74) is 0. The molecule has 0 spiro atoms. The maximum atomic E-state index is 10.6. The van der Waals surface area contributed by atoms with Crippen LogP contribution in [0.4, 0.5) is 0 Å². The van der Waals surface area contributed by atoms with E-state index in [4.69, 9.17) is 5.11 Å². The Bertz CT molecular complexity index is 231. The summed E-state index contributed by atoms with van der Waals surface area (Å²) in [4.78, 5) is 13.0. The lowest BCUT2D eigenvalue weighted by atomic mass is 10.1. The van der Waals surface area contributed by atoms with Gasteiger partial charge in [0.05, 0.1) is 0 Å². The van der Waals surface area contributed by atoms with Crippen LogP contribution in [-0.4, -0.2) is 47.7 Å². The van der Waals surface area contributed by atoms with E-state index in [9.17, 15) is 4.79 Å². The molecule has 4 heteroatoms. The van der Waals surface area contributed by atoms with Crippen LogP contribution in [0, 0.1) is 5.92 Å². The third kappa shape index (κ3) is 4.49. The van der Waals surface area contributed by atoms with E-state index in [2.05, 4.69) is 31.0 Å². The fraction of sp³-hybridized carbons (Fsp3) is 0.917. The van der Waals surface area contributed by atoms with Gasteiger partial charge in [0.25, 0.3) is 0 Å². The lowest BCUT2D eigenvalue weighted by Crippen LogP contribution is -2.40. The minimum Gasteiger partial charge on any atom is -0.481 e. The first kappa shape index (κ1) is 13.5. The van der Waals surface area contributed by atoms with Crippen molar-refractivity contribution in [2.45, 2.75) is 45.7 Å². The van der Waals surface area contributed by atoms with E-state index in [0.717, 1.165) is 26.1 Å². The van der Waals surface area contributed by atoms with Crippen LogP contribution in [0.2, 0.25) is 0 Å². The molecule has 94 valence electrons. The predicted octanol–water partition coefficient (Wildman–Crippen LogP) is 1.17. The molecule has 4 nitrogen and oxygen atoms in total. The summed E-state index contributed by atoms with van der Waals surface area (Å²) < 4.78 is 0. The van der Waals surface area contributed by atoms with E-state index >= 15 is 0 Å². The molecule has 0 aliphatic carbocycles. The van der Waals surface area contributed by atoms with Crippen LogP contribution in [0.5, 0.6) is 0 Å². The van der Waals surface area contributed by atoms with Gasteiger partial charge >= 0.3 is 5.97 Å². The molecule has 0 saturated carbocycles. The highest BCUT2D eigenvalue weighted by Crippen LogP contribution is 2.12. The minimum atomic E-state index is -0.699. The number of nitrogens with one attached hydrogen (secondary N) is 1. The number of rotatable bonds is 4. The zero-order valence-electron chi connectivity index (χ0n) is 10.6. The number of aliphatic carboxylic acids is 1. The number of hydrogen-bond donors (Lipinski definition) is 2. The molecule has 1 aliphatic heterocycles. The van der Waals surface area contributed by atoms with Gasteiger partial charge in [-0.2, -0.15) is 0 Å². The average Bonchev–Trinajstić information content (AvgIpc) is 2.37. The van der Waals surface area contributed by atoms with Crippen molar-refractivity contribution in [3.05, 3.63) is 0 Å². The highest BCUT2D eigenvalue weighted by atomic mass is 16.4. The van der Waals surface area contributed by atoms with Crippen molar-refractivity contribution in [3.8, 4) is 0 Å². The Kier molecular flexibility index (Phi) is 5.22. The third-order valence-corrected chi connectivity index (χ3v) is 3.19. The number of carbonyl (C=O) groups is 1. The number of carboxylic acids is 1. The van der Waals surface area contributed by atoms with Crippen molar-refractivity contribution in [2.75, 3.05) is 19.6 Å². The first-order chi connectivity index (χ1) is 7.49. The molecule has 2 unspecified atom stereocenters. The van der Waals surface area contributed by atoms with Crippen molar-refractivity contribution in [2.24, 2.45) is 5.92 Å². The van der Waals surface area contributed by atoms with Crippen molar-refractivity contribution in [3.63, 3.8) is 0 Å². The van der Waals surface area contributed by atoms with E-state index < -0.39 is 5.97 Å². The van der Waals surface area contributed by atoms with Gasteiger partial charge in [0.2, 0.25) is 0 Å². The smallest absolute Gasteiger partial charge is 0.303 e. The standard InChI is InChI=1S/C12H24N2O2/c1-9(2)14-7-10(3)6-13-11(8-14)4-5-12(15)16/h9-11,13H,4-8H2,1-3H3,(H,15,16). The maximum absolute atomic E-state index is 10.6. The zero-order chi connectivity index (χ0) is 12.1. The van der Waals surface area contributed by atoms with Gasteiger partial charge in [0.1, 0.15) is 0 Å². The number of carboxylic acid groups (broad SMARTS) is 1. The maximum Gasteiger partial charge on any atom is 0.303 e. The molecule has 0 aromatic carbocycles. The van der Waals surface area contributed by atoms with Crippen LogP contribution in [0.3, 0.4) is 0 Å². The van der Waals surface area contributed by atoms with Gasteiger partial charge in [-0.05, 0) is 32.7 Å². The molecule has 16 heavy (non-hydrogen) atoms. The molecule has 1 fully saturated rings. The number of nitrogens with zero attached hydrogens (tertiary/aromatic N) is 1. The summed E-state index contributed by atoms with van der Waals surface area (Å²) in [5, 5.41) is 12.2. The van der Waals surface area contributed by atoms with E-state index in [1.54, 1.807) is 0 Å². The Morgan fingerprint density at radius 2 is 2.19 bits per heavy atom. The average molecular weight is 228 g/mol. The largest absolute Gasteiger partial charge is 0.481 e. The van der Waals surface area contributed by atoms with Gasteiger partial charge in [-0.3, -0.25) is 9.69 Å². The summed E-state index contributed by atoms with van der Waals surface area (Å²) >= 11 is 0. The monoisotopic (exact) mass is 228 g/mol. The van der Waals surface area contributed by atoms with Crippen LogP contribution in [0.25, 0.3) is 0 Å². The Balaban J connectivity index is 2.48. The van der Waals surface area contributed by atoms with E-state index in [0.29, 0.717) is 18.0 Å². The van der Waals surface area contributed by atoms with Crippen LogP contribution in [0.15, 0.2) is 0 Å². The molecule has 2 atom stereocenters. The second-order valence-electron chi connectivity index (χ2n) is 5.19. The Hall–Kier alpha value is -0.610. The molecular weight excluding hydrogens is 204 g/mol. The highest BCUT2D eigenvalue weighted by Gasteiger charge is 2.23. The first-order valence-electron chi connectivity index (χ1n) is 6.18. The Labute approximate surface area is 98.0 Å². The summed E-state index contributed by atoms with van der Waals surface area (Å²) in [6.45, 7) is 9.71. The van der Waals surface area contributed by atoms with Crippen LogP contribution in [-0.2, 0) is 4.79 Å². The van der Waals surface area contributed by atoms with Crippen molar-refractivity contribution in [1.82, 2.24) is 10.2 Å². The van der Waals surface area contributed by atoms with Crippen molar-refractivity contribution in [1.29, 1.82) is 0 Å². The molecule has 1 aliphatic rings. The molecular formula is C12H24N2O2. The molecule has 0 radical (unpaired) electrons. The topological polar surface area (TPSA) is 52.6 Å². The quantitative estimate of drug-likeness (QED) is 0.758. The highest BCUT2D eigenvalue weighted by molar-refractivity contribution is 5.66. The Morgan fingerprint density at radius 3 is 2.75 bits per heavy atom. The second kappa shape index (κ2) is 6.21. The van der Waals surface area contributed by atoms with Gasteiger partial charge < -0.3 is 10.4 Å². The molecule has 1 heterocycles. The van der Waals surface area contributed by atoms with Crippen LogP contribution >= 0.6 is 0 Å². The molecule has 0 amide bonds. The lowest BCUT2D eigenvalue weighted by molar-refractivity contribution is -0.137. The van der Waals surface area contributed by atoms with Gasteiger partial charge in [-0.1, -0.05) is 6.92 Å². The first-order valence-corrected chi connectivity index (χ1v) is 6.18. The fourth-order valence-corrected chi connectivity index (χ4v) is 2.17. The lowest BCUT2D eigenvalue weighted by Gasteiger charge is -2.28. The molecule has 1 rings (SSSR count). The van der Waals surface area contributed by atoms with Crippen LogP contribution in [0.1, 0.15) is 33.6 Å². The zero-order valence-corrected chi connectivity index (χ0v) is 10.6. The van der Waals surface area contributed by atoms with Crippen molar-refractivity contribution >= 4 is 5.97 Å².